The summed E-state index contributed by atoms with van der Waals surface area (Å²) < 4.78 is 0. The zero-order chi connectivity index (χ0) is 14.1. The largest absolute Gasteiger partial charge is 0.389 e. The van der Waals surface area contributed by atoms with Crippen LogP contribution in [-0.2, 0) is 4.79 Å². The number of aliphatic hydroxyl groups is 1. The van der Waals surface area contributed by atoms with E-state index in [2.05, 4.69) is 12.2 Å². The molecular weight excluding hydrogens is 284 g/mol. The third-order valence-electron chi connectivity index (χ3n) is 8.36. The highest BCUT2D eigenvalue weighted by atomic mass is 35.5. The fraction of sp³-hybridized carbons (Fsp3) is 0.833. The van der Waals surface area contributed by atoms with Crippen LogP contribution in [0.3, 0.4) is 0 Å². The number of hydrogen-bond donors (Lipinski definition) is 1. The molecule has 0 spiro atoms. The van der Waals surface area contributed by atoms with Gasteiger partial charge in [0.05, 0.1) is 5.60 Å². The van der Waals surface area contributed by atoms with Crippen molar-refractivity contribution in [2.75, 3.05) is 0 Å². The molecule has 5 saturated carbocycles. The van der Waals surface area contributed by atoms with E-state index in [1.807, 2.05) is 0 Å². The highest BCUT2D eigenvalue weighted by Crippen LogP contribution is 2.76. The van der Waals surface area contributed by atoms with Crippen molar-refractivity contribution in [1.29, 1.82) is 0 Å². The molecule has 21 heavy (non-hydrogen) atoms. The Balaban J connectivity index is 1.60. The van der Waals surface area contributed by atoms with Gasteiger partial charge in [-0.05, 0) is 55.3 Å². The van der Waals surface area contributed by atoms with Gasteiger partial charge in [0.15, 0.2) is 0 Å². The minimum Gasteiger partial charge on any atom is -0.389 e. The van der Waals surface area contributed by atoms with Gasteiger partial charge in [0.1, 0.15) is 5.78 Å². The van der Waals surface area contributed by atoms with Crippen LogP contribution in [0, 0.1) is 53.3 Å². The van der Waals surface area contributed by atoms with Crippen LogP contribution < -0.4 is 0 Å². The van der Waals surface area contributed by atoms with E-state index >= 15 is 0 Å². The summed E-state index contributed by atoms with van der Waals surface area (Å²) in [7, 11) is 0. The summed E-state index contributed by atoms with van der Waals surface area (Å²) in [5, 5.41) is 11.9. The lowest BCUT2D eigenvalue weighted by Gasteiger charge is -2.55. The van der Waals surface area contributed by atoms with Gasteiger partial charge in [-0.25, -0.2) is 0 Å². The van der Waals surface area contributed by atoms with Crippen LogP contribution in [0.4, 0.5) is 0 Å². The average molecular weight is 305 g/mol. The second-order valence-corrected chi connectivity index (χ2v) is 9.06. The molecular formula is C18H21ClO2. The summed E-state index contributed by atoms with van der Waals surface area (Å²) in [6.07, 6.45) is 9.14. The van der Waals surface area contributed by atoms with E-state index in [1.54, 1.807) is 0 Å². The maximum absolute atomic E-state index is 13.3. The molecule has 0 aliphatic heterocycles. The number of halogens is 1. The predicted molar refractivity (Wildman–Crippen MR) is 78.6 cm³/mol. The number of fused-ring (bicyclic) bond motifs is 2. The number of carbonyl (C=O) groups is 1. The van der Waals surface area contributed by atoms with Crippen LogP contribution >= 0.6 is 11.6 Å². The first-order chi connectivity index (χ1) is 10.1. The third kappa shape index (κ3) is 1.04. The maximum Gasteiger partial charge on any atom is 0.140 e. The standard InChI is InChI=1S/C18H21ClO2/c19-16-10-6-5-9-12-15(16)18(21,14(9)10)13-8-3-1-7(2-4-8)11(13)17(12)20/h1,3,7-16,21H,2,4-6H2/t7-,8+,9-,10-,11-,12-,13+,14+,15-,16+,18-/m1/s1. The summed E-state index contributed by atoms with van der Waals surface area (Å²) in [5.41, 5.74) is -0.629. The van der Waals surface area contributed by atoms with Gasteiger partial charge in [-0.1, -0.05) is 12.2 Å². The second kappa shape index (κ2) is 3.43. The Morgan fingerprint density at radius 2 is 1.67 bits per heavy atom. The first-order valence-corrected chi connectivity index (χ1v) is 9.16. The van der Waals surface area contributed by atoms with Crippen molar-refractivity contribution in [2.24, 2.45) is 53.3 Å². The lowest BCUT2D eigenvalue weighted by atomic mass is 9.50. The molecule has 11 atom stereocenters. The second-order valence-electron chi connectivity index (χ2n) is 8.56. The molecule has 1 N–H and O–H groups in total. The molecule has 0 aromatic heterocycles. The molecule has 0 aromatic carbocycles. The normalized spacial score (nSPS) is 68.8. The lowest BCUT2D eigenvalue weighted by Crippen LogP contribution is -2.61. The van der Waals surface area contributed by atoms with Crippen LogP contribution in [0.5, 0.6) is 0 Å². The molecule has 0 unspecified atom stereocenters. The molecule has 6 bridgehead atoms. The van der Waals surface area contributed by atoms with E-state index in [0.29, 0.717) is 35.4 Å². The quantitative estimate of drug-likeness (QED) is 0.552. The van der Waals surface area contributed by atoms with Gasteiger partial charge in [-0.15, -0.1) is 11.6 Å². The predicted octanol–water partition coefficient (Wildman–Crippen LogP) is 2.64. The fourth-order valence-corrected chi connectivity index (χ4v) is 8.71. The highest BCUT2D eigenvalue weighted by Gasteiger charge is 2.80. The van der Waals surface area contributed by atoms with Crippen molar-refractivity contribution in [3.8, 4) is 0 Å². The van der Waals surface area contributed by atoms with Gasteiger partial charge < -0.3 is 5.11 Å². The topological polar surface area (TPSA) is 37.3 Å². The Labute approximate surface area is 129 Å². The first-order valence-electron chi connectivity index (χ1n) is 8.72. The summed E-state index contributed by atoms with van der Waals surface area (Å²) in [4.78, 5) is 13.3. The number of alkyl halides is 1. The van der Waals surface area contributed by atoms with E-state index in [9.17, 15) is 9.90 Å². The Bertz CT molecular complexity index is 586. The van der Waals surface area contributed by atoms with Crippen molar-refractivity contribution in [1.82, 2.24) is 0 Å². The van der Waals surface area contributed by atoms with E-state index in [1.165, 1.54) is 0 Å². The van der Waals surface area contributed by atoms with Gasteiger partial charge in [0.25, 0.3) is 0 Å². The smallest absolute Gasteiger partial charge is 0.140 e. The summed E-state index contributed by atoms with van der Waals surface area (Å²) in [5.74, 6) is 2.94. The highest BCUT2D eigenvalue weighted by molar-refractivity contribution is 6.22. The molecule has 0 amide bonds. The van der Waals surface area contributed by atoms with E-state index in [-0.39, 0.29) is 29.0 Å². The number of ketones is 1. The minimum absolute atomic E-state index is 0.0399. The fourth-order valence-electron chi connectivity index (χ4n) is 8.07. The number of carbonyl (C=O) groups excluding carboxylic acids is 1. The van der Waals surface area contributed by atoms with Crippen molar-refractivity contribution in [2.45, 2.75) is 36.7 Å². The molecule has 7 rings (SSSR count). The van der Waals surface area contributed by atoms with Crippen LogP contribution in [0.1, 0.15) is 25.7 Å². The van der Waals surface area contributed by atoms with Crippen LogP contribution in [-0.4, -0.2) is 21.9 Å². The van der Waals surface area contributed by atoms with Gasteiger partial charge in [-0.3, -0.25) is 4.79 Å². The zero-order valence-electron chi connectivity index (χ0n) is 12.0. The summed E-state index contributed by atoms with van der Waals surface area (Å²) in [6, 6.07) is 0. The first kappa shape index (κ1) is 12.1. The molecule has 3 heteroatoms. The number of Topliss-reactive ketones (excluding diaryl/α,β-unsaturated/α-hetero) is 1. The average Bonchev–Trinajstić information content (AvgIpc) is 3.05. The Hall–Kier alpha value is -0.340. The van der Waals surface area contributed by atoms with Crippen LogP contribution in [0.15, 0.2) is 12.2 Å². The number of hydrogen-bond acceptors (Lipinski definition) is 2. The van der Waals surface area contributed by atoms with Crippen molar-refractivity contribution < 1.29 is 9.90 Å². The summed E-state index contributed by atoms with van der Waals surface area (Å²) >= 11 is 6.76. The van der Waals surface area contributed by atoms with E-state index < -0.39 is 5.60 Å². The van der Waals surface area contributed by atoms with Crippen LogP contribution in [0.2, 0.25) is 0 Å². The molecule has 112 valence electrons. The number of allylic oxidation sites excluding steroid dienone is 2. The number of rotatable bonds is 0. The van der Waals surface area contributed by atoms with Gasteiger partial charge in [0, 0.05) is 29.0 Å². The molecule has 2 nitrogen and oxygen atoms in total. The van der Waals surface area contributed by atoms with Gasteiger partial charge in [-0.2, -0.15) is 0 Å². The molecule has 7 aliphatic carbocycles. The van der Waals surface area contributed by atoms with Crippen molar-refractivity contribution >= 4 is 17.4 Å². The molecule has 0 heterocycles. The molecule has 0 saturated heterocycles. The van der Waals surface area contributed by atoms with Gasteiger partial charge >= 0.3 is 0 Å². The molecule has 0 radical (unpaired) electrons. The summed E-state index contributed by atoms with van der Waals surface area (Å²) in [6.45, 7) is 0. The minimum atomic E-state index is -0.629. The van der Waals surface area contributed by atoms with Crippen molar-refractivity contribution in [3.05, 3.63) is 12.2 Å². The van der Waals surface area contributed by atoms with E-state index in [4.69, 9.17) is 11.6 Å². The van der Waals surface area contributed by atoms with E-state index in [0.717, 1.165) is 25.7 Å². The SMILES string of the molecule is O=C1[C@@H]2[C@H]3CC[C@H]4[C@H](Cl)[C@@H]2[C@](O)([C@@H]34)[C@@H]2[C@H]1[C@@H]1C=C[C@H]2CC1. The molecule has 7 aliphatic rings. The molecule has 0 aromatic rings. The molecule has 5 fully saturated rings. The lowest BCUT2D eigenvalue weighted by molar-refractivity contribution is -0.166. The third-order valence-corrected chi connectivity index (χ3v) is 8.96. The van der Waals surface area contributed by atoms with Gasteiger partial charge in [0.2, 0.25) is 0 Å². The van der Waals surface area contributed by atoms with Crippen molar-refractivity contribution in [3.63, 3.8) is 0 Å². The zero-order valence-corrected chi connectivity index (χ0v) is 12.7. The Kier molecular flexibility index (Phi) is 1.98. The maximum atomic E-state index is 13.3. The van der Waals surface area contributed by atoms with Crippen LogP contribution in [0.25, 0.3) is 0 Å². The monoisotopic (exact) mass is 304 g/mol. The Morgan fingerprint density at radius 1 is 0.952 bits per heavy atom. The Morgan fingerprint density at radius 3 is 2.43 bits per heavy atom.